The quantitative estimate of drug-likeness (QED) is 0.880. The van der Waals surface area contributed by atoms with Gasteiger partial charge in [0.05, 0.1) is 17.7 Å². The van der Waals surface area contributed by atoms with Gasteiger partial charge in [-0.1, -0.05) is 0 Å². The van der Waals surface area contributed by atoms with Gasteiger partial charge in [0, 0.05) is 32.1 Å². The number of aromatic nitrogens is 2. The third kappa shape index (κ3) is 2.63. The lowest BCUT2D eigenvalue weighted by atomic mass is 10.1. The molecule has 0 aliphatic carbocycles. The molecule has 0 amide bonds. The van der Waals surface area contributed by atoms with Crippen molar-refractivity contribution in [1.82, 2.24) is 20.2 Å². The maximum Gasteiger partial charge on any atom is 0.0925 e. The van der Waals surface area contributed by atoms with Crippen LogP contribution in [-0.2, 0) is 19.5 Å². The summed E-state index contributed by atoms with van der Waals surface area (Å²) in [6.45, 7) is 2.99. The summed E-state index contributed by atoms with van der Waals surface area (Å²) >= 11 is 1.76. The first-order valence-electron chi connectivity index (χ1n) is 6.25. The number of rotatable bonds is 4. The topological polar surface area (TPSA) is 44.0 Å². The molecule has 5 heteroatoms. The molecular weight excluding hydrogens is 244 g/mol. The Kier molecular flexibility index (Phi) is 3.45. The zero-order chi connectivity index (χ0) is 12.4. The van der Waals surface area contributed by atoms with Crippen molar-refractivity contribution in [1.29, 1.82) is 0 Å². The van der Waals surface area contributed by atoms with E-state index in [1.54, 1.807) is 17.7 Å². The molecule has 2 aromatic rings. The second kappa shape index (κ2) is 5.22. The number of imidazole rings is 1. The van der Waals surface area contributed by atoms with Gasteiger partial charge in [-0.3, -0.25) is 0 Å². The number of fused-ring (bicyclic) bond motifs is 1. The number of nitrogens with one attached hydrogen (secondary N) is 2. The lowest BCUT2D eigenvalue weighted by Crippen LogP contribution is -2.43. The number of H-pyrrole nitrogens is 1. The van der Waals surface area contributed by atoms with E-state index < -0.39 is 0 Å². The Bertz CT molecular complexity index is 491. The van der Waals surface area contributed by atoms with Crippen molar-refractivity contribution in [3.8, 4) is 0 Å². The second-order valence-corrected chi connectivity index (χ2v) is 5.72. The van der Waals surface area contributed by atoms with Gasteiger partial charge in [0.1, 0.15) is 0 Å². The first-order valence-corrected chi connectivity index (χ1v) is 7.19. The molecule has 18 heavy (non-hydrogen) atoms. The van der Waals surface area contributed by atoms with Crippen LogP contribution in [0, 0.1) is 0 Å². The molecule has 3 heterocycles. The van der Waals surface area contributed by atoms with E-state index in [1.165, 1.54) is 17.0 Å². The Morgan fingerprint density at radius 2 is 2.50 bits per heavy atom. The predicted molar refractivity (Wildman–Crippen MR) is 73.6 cm³/mol. The highest BCUT2D eigenvalue weighted by atomic mass is 32.1. The Morgan fingerprint density at radius 3 is 3.33 bits per heavy atom. The van der Waals surface area contributed by atoms with Crippen LogP contribution in [0.25, 0.3) is 0 Å². The van der Waals surface area contributed by atoms with Crippen molar-refractivity contribution in [3.05, 3.63) is 40.1 Å². The lowest BCUT2D eigenvalue weighted by molar-refractivity contribution is 0.273. The van der Waals surface area contributed by atoms with Crippen LogP contribution < -0.4 is 5.32 Å². The minimum atomic E-state index is 0.504. The van der Waals surface area contributed by atoms with Crippen molar-refractivity contribution < 1.29 is 0 Å². The average molecular weight is 262 g/mol. The predicted octanol–water partition coefficient (Wildman–Crippen LogP) is 1.62. The highest BCUT2D eigenvalue weighted by Crippen LogP contribution is 2.14. The van der Waals surface area contributed by atoms with Crippen molar-refractivity contribution >= 4 is 11.3 Å². The van der Waals surface area contributed by atoms with Crippen molar-refractivity contribution in [2.45, 2.75) is 25.6 Å². The molecule has 96 valence electrons. The van der Waals surface area contributed by atoms with Gasteiger partial charge in [-0.15, -0.1) is 0 Å². The van der Waals surface area contributed by atoms with E-state index in [-0.39, 0.29) is 0 Å². The standard InChI is InChI=1S/C13H18N4S/c1-17(6-10-2-3-18-8-10)7-11-4-12-13(5-14-11)16-9-15-12/h2-3,8-9,11,14H,4-7H2,1H3,(H,15,16). The maximum atomic E-state index is 4.38. The Labute approximate surface area is 111 Å². The van der Waals surface area contributed by atoms with Crippen LogP contribution in [0.4, 0.5) is 0 Å². The van der Waals surface area contributed by atoms with E-state index >= 15 is 0 Å². The smallest absolute Gasteiger partial charge is 0.0925 e. The molecule has 0 saturated carbocycles. The zero-order valence-electron chi connectivity index (χ0n) is 10.5. The minimum absolute atomic E-state index is 0.504. The third-order valence-electron chi connectivity index (χ3n) is 3.38. The van der Waals surface area contributed by atoms with Gasteiger partial charge in [-0.2, -0.15) is 11.3 Å². The van der Waals surface area contributed by atoms with Gasteiger partial charge in [-0.05, 0) is 29.4 Å². The summed E-state index contributed by atoms with van der Waals surface area (Å²) in [4.78, 5) is 9.93. The SMILES string of the molecule is CN(Cc1ccsc1)CC1Cc2nc[nH]c2CN1. The largest absolute Gasteiger partial charge is 0.347 e. The number of hydrogen-bond acceptors (Lipinski definition) is 4. The minimum Gasteiger partial charge on any atom is -0.347 e. The lowest BCUT2D eigenvalue weighted by Gasteiger charge is -2.27. The highest BCUT2D eigenvalue weighted by molar-refractivity contribution is 7.07. The first kappa shape index (κ1) is 11.9. The molecule has 2 N–H and O–H groups in total. The van der Waals surface area contributed by atoms with Gasteiger partial charge in [0.2, 0.25) is 0 Å². The summed E-state index contributed by atoms with van der Waals surface area (Å²) in [5, 5.41) is 7.92. The molecule has 0 spiro atoms. The molecule has 0 radical (unpaired) electrons. The fourth-order valence-corrected chi connectivity index (χ4v) is 3.15. The van der Waals surface area contributed by atoms with Crippen molar-refractivity contribution in [2.24, 2.45) is 0 Å². The van der Waals surface area contributed by atoms with Crippen molar-refractivity contribution in [3.63, 3.8) is 0 Å². The maximum absolute atomic E-state index is 4.38. The third-order valence-corrected chi connectivity index (χ3v) is 4.11. The Hall–Kier alpha value is -1.17. The molecule has 1 atom stereocenters. The van der Waals surface area contributed by atoms with Crippen LogP contribution in [0.15, 0.2) is 23.2 Å². The number of aromatic amines is 1. The molecule has 2 aromatic heterocycles. The summed E-state index contributed by atoms with van der Waals surface area (Å²) in [6, 6.07) is 2.70. The van der Waals surface area contributed by atoms with Crippen molar-refractivity contribution in [2.75, 3.05) is 13.6 Å². The Morgan fingerprint density at radius 1 is 1.56 bits per heavy atom. The summed E-state index contributed by atoms with van der Waals surface area (Å²) in [5.41, 5.74) is 3.87. The molecule has 0 aromatic carbocycles. The van der Waals surface area contributed by atoms with Gasteiger partial charge in [0.15, 0.2) is 0 Å². The van der Waals surface area contributed by atoms with Crippen LogP contribution >= 0.6 is 11.3 Å². The molecular formula is C13H18N4S. The van der Waals surface area contributed by atoms with E-state index in [2.05, 4.69) is 44.1 Å². The highest BCUT2D eigenvalue weighted by Gasteiger charge is 2.20. The second-order valence-electron chi connectivity index (χ2n) is 4.94. The molecule has 1 aliphatic rings. The number of likely N-dealkylation sites (N-methyl/N-ethyl adjacent to an activating group) is 1. The van der Waals surface area contributed by atoms with Gasteiger partial charge < -0.3 is 15.2 Å². The Balaban J connectivity index is 1.54. The molecule has 1 unspecified atom stereocenters. The summed E-state index contributed by atoms with van der Waals surface area (Å²) in [7, 11) is 2.18. The summed E-state index contributed by atoms with van der Waals surface area (Å²) < 4.78 is 0. The van der Waals surface area contributed by atoms with Crippen LogP contribution in [0.2, 0.25) is 0 Å². The average Bonchev–Trinajstić information content (AvgIpc) is 2.98. The van der Waals surface area contributed by atoms with Crippen LogP contribution in [0.5, 0.6) is 0 Å². The molecule has 0 fully saturated rings. The normalized spacial score (nSPS) is 19.1. The molecule has 0 bridgehead atoms. The molecule has 1 aliphatic heterocycles. The van der Waals surface area contributed by atoms with E-state index in [4.69, 9.17) is 0 Å². The number of nitrogens with zero attached hydrogens (tertiary/aromatic N) is 2. The first-order chi connectivity index (χ1) is 8.81. The van der Waals surface area contributed by atoms with Crippen LogP contribution in [0.1, 0.15) is 17.0 Å². The van der Waals surface area contributed by atoms with E-state index in [0.29, 0.717) is 6.04 Å². The van der Waals surface area contributed by atoms with E-state index in [1.807, 2.05) is 0 Å². The van der Waals surface area contributed by atoms with Gasteiger partial charge >= 0.3 is 0 Å². The van der Waals surface area contributed by atoms with Gasteiger partial charge in [0.25, 0.3) is 0 Å². The van der Waals surface area contributed by atoms with Crippen LogP contribution in [-0.4, -0.2) is 34.5 Å². The summed E-state index contributed by atoms with van der Waals surface area (Å²) in [6.07, 6.45) is 2.82. The summed E-state index contributed by atoms with van der Waals surface area (Å²) in [5.74, 6) is 0. The van der Waals surface area contributed by atoms with Gasteiger partial charge in [-0.25, -0.2) is 4.98 Å². The molecule has 0 saturated heterocycles. The van der Waals surface area contributed by atoms with Crippen LogP contribution in [0.3, 0.4) is 0 Å². The van der Waals surface area contributed by atoms with E-state index in [0.717, 1.165) is 26.1 Å². The monoisotopic (exact) mass is 262 g/mol. The number of thiophene rings is 1. The van der Waals surface area contributed by atoms with E-state index in [9.17, 15) is 0 Å². The fourth-order valence-electron chi connectivity index (χ4n) is 2.49. The fraction of sp³-hybridized carbons (Fsp3) is 0.462. The number of hydrogen-bond donors (Lipinski definition) is 2. The molecule has 4 nitrogen and oxygen atoms in total. The zero-order valence-corrected chi connectivity index (χ0v) is 11.3. The molecule has 3 rings (SSSR count).